The lowest BCUT2D eigenvalue weighted by Gasteiger charge is -2.20. The molecule has 1 saturated carbocycles. The van der Waals surface area contributed by atoms with E-state index >= 15 is 0 Å². The fourth-order valence-electron chi connectivity index (χ4n) is 2.77. The van der Waals surface area contributed by atoms with Gasteiger partial charge in [-0.15, -0.1) is 0 Å². The van der Waals surface area contributed by atoms with E-state index in [2.05, 4.69) is 41.9 Å². The van der Waals surface area contributed by atoms with E-state index in [0.717, 1.165) is 4.47 Å². The number of esters is 1. The highest BCUT2D eigenvalue weighted by atomic mass is 79.9. The van der Waals surface area contributed by atoms with Gasteiger partial charge in [0, 0.05) is 10.4 Å². The molecule has 0 bridgehead atoms. The van der Waals surface area contributed by atoms with E-state index in [1.807, 2.05) is 32.9 Å². The molecular weight excluding hydrogens is 304 g/mol. The summed E-state index contributed by atoms with van der Waals surface area (Å²) in [4.78, 5) is 12.3. The summed E-state index contributed by atoms with van der Waals surface area (Å²) < 4.78 is 6.58. The molecule has 2 atom stereocenters. The molecule has 0 amide bonds. The smallest absolute Gasteiger partial charge is 0.310 e. The van der Waals surface area contributed by atoms with Crippen molar-refractivity contribution in [3.8, 4) is 0 Å². The van der Waals surface area contributed by atoms with Gasteiger partial charge in [-0.05, 0) is 43.9 Å². The molecule has 0 unspecified atom stereocenters. The molecule has 1 aromatic rings. The minimum Gasteiger partial charge on any atom is -0.460 e. The average molecular weight is 325 g/mol. The van der Waals surface area contributed by atoms with E-state index in [1.165, 1.54) is 5.56 Å². The molecule has 0 spiro atoms. The monoisotopic (exact) mass is 324 g/mol. The van der Waals surface area contributed by atoms with Crippen LogP contribution in [0.2, 0.25) is 0 Å². The van der Waals surface area contributed by atoms with Gasteiger partial charge in [0.15, 0.2) is 0 Å². The van der Waals surface area contributed by atoms with Gasteiger partial charge in [-0.3, -0.25) is 4.79 Å². The number of ether oxygens (including phenoxy) is 1. The Morgan fingerprint density at radius 1 is 1.32 bits per heavy atom. The molecule has 1 aromatic carbocycles. The molecule has 2 rings (SSSR count). The second-order valence-corrected chi connectivity index (χ2v) is 7.78. The van der Waals surface area contributed by atoms with Gasteiger partial charge in [-0.1, -0.05) is 41.9 Å². The third-order valence-electron chi connectivity index (χ3n) is 3.70. The first-order valence-electron chi connectivity index (χ1n) is 6.61. The van der Waals surface area contributed by atoms with E-state index in [4.69, 9.17) is 4.74 Å². The minimum absolute atomic E-state index is 0.0247. The zero-order valence-electron chi connectivity index (χ0n) is 12.2. The number of carbonyl (C=O) groups excluding carboxylic acids is 1. The quantitative estimate of drug-likeness (QED) is 0.747. The highest BCUT2D eigenvalue weighted by Gasteiger charge is 2.63. The molecule has 0 saturated heterocycles. The summed E-state index contributed by atoms with van der Waals surface area (Å²) in [6.07, 6.45) is 0. The molecule has 0 aromatic heterocycles. The summed E-state index contributed by atoms with van der Waals surface area (Å²) in [5.41, 5.74) is 0.760. The van der Waals surface area contributed by atoms with Crippen LogP contribution in [0.4, 0.5) is 0 Å². The third-order valence-corrected chi connectivity index (χ3v) is 4.19. The van der Waals surface area contributed by atoms with Crippen molar-refractivity contribution in [2.75, 3.05) is 0 Å². The normalized spacial score (nSPS) is 24.9. The minimum atomic E-state index is -0.419. The highest BCUT2D eigenvalue weighted by Crippen LogP contribution is 2.65. The summed E-state index contributed by atoms with van der Waals surface area (Å²) in [6.45, 7) is 10.00. The second kappa shape index (κ2) is 4.62. The maximum absolute atomic E-state index is 12.3. The molecule has 19 heavy (non-hydrogen) atoms. The molecule has 0 aliphatic heterocycles. The lowest BCUT2D eigenvalue weighted by Crippen LogP contribution is -2.26. The van der Waals surface area contributed by atoms with Gasteiger partial charge in [0.2, 0.25) is 0 Å². The molecule has 0 heterocycles. The first kappa shape index (κ1) is 14.6. The zero-order valence-corrected chi connectivity index (χ0v) is 13.7. The van der Waals surface area contributed by atoms with Crippen LogP contribution >= 0.6 is 15.9 Å². The Balaban J connectivity index is 2.19. The van der Waals surface area contributed by atoms with Gasteiger partial charge in [0.05, 0.1) is 5.92 Å². The van der Waals surface area contributed by atoms with Gasteiger partial charge < -0.3 is 4.74 Å². The summed E-state index contributed by atoms with van der Waals surface area (Å²) in [6, 6.07) is 8.19. The highest BCUT2D eigenvalue weighted by molar-refractivity contribution is 9.10. The Labute approximate surface area is 123 Å². The van der Waals surface area contributed by atoms with Gasteiger partial charge >= 0.3 is 5.97 Å². The lowest BCUT2D eigenvalue weighted by molar-refractivity contribution is -0.157. The van der Waals surface area contributed by atoms with Crippen molar-refractivity contribution in [1.82, 2.24) is 0 Å². The van der Waals surface area contributed by atoms with Crippen molar-refractivity contribution in [3.05, 3.63) is 34.3 Å². The predicted molar refractivity (Wildman–Crippen MR) is 80.0 cm³/mol. The van der Waals surface area contributed by atoms with E-state index in [-0.39, 0.29) is 23.2 Å². The Morgan fingerprint density at radius 3 is 2.47 bits per heavy atom. The van der Waals surface area contributed by atoms with Crippen molar-refractivity contribution >= 4 is 21.9 Å². The molecule has 0 radical (unpaired) electrons. The molecule has 3 heteroatoms. The van der Waals surface area contributed by atoms with Crippen LogP contribution in [0, 0.1) is 11.3 Å². The predicted octanol–water partition coefficient (Wildman–Crippen LogP) is 4.53. The number of hydrogen-bond donors (Lipinski definition) is 0. The van der Waals surface area contributed by atoms with E-state index in [1.54, 1.807) is 0 Å². The zero-order chi connectivity index (χ0) is 14.4. The maximum Gasteiger partial charge on any atom is 0.310 e. The Kier molecular flexibility index (Phi) is 3.54. The fourth-order valence-corrected chi connectivity index (χ4v) is 3.18. The number of hydrogen-bond acceptors (Lipinski definition) is 2. The Morgan fingerprint density at radius 2 is 1.95 bits per heavy atom. The van der Waals surface area contributed by atoms with Crippen molar-refractivity contribution in [2.45, 2.75) is 46.1 Å². The van der Waals surface area contributed by atoms with Crippen LogP contribution in [0.15, 0.2) is 28.7 Å². The Bertz CT molecular complexity index is 500. The lowest BCUT2D eigenvalue weighted by atomic mass is 10.0. The van der Waals surface area contributed by atoms with Crippen molar-refractivity contribution < 1.29 is 9.53 Å². The molecule has 2 nitrogen and oxygen atoms in total. The first-order valence-corrected chi connectivity index (χ1v) is 7.40. The second-order valence-electron chi connectivity index (χ2n) is 6.87. The third kappa shape index (κ3) is 3.02. The summed E-state index contributed by atoms with van der Waals surface area (Å²) in [5, 5.41) is 0. The Hall–Kier alpha value is -0.830. The van der Waals surface area contributed by atoms with Crippen LogP contribution in [0.3, 0.4) is 0 Å². The van der Waals surface area contributed by atoms with Crippen LogP contribution in [0.5, 0.6) is 0 Å². The molecule has 1 aliphatic rings. The largest absolute Gasteiger partial charge is 0.460 e. The van der Waals surface area contributed by atoms with Crippen molar-refractivity contribution in [3.63, 3.8) is 0 Å². The summed E-state index contributed by atoms with van der Waals surface area (Å²) >= 11 is 3.49. The van der Waals surface area contributed by atoms with Crippen LogP contribution in [-0.2, 0) is 9.53 Å². The van der Waals surface area contributed by atoms with E-state index in [0.29, 0.717) is 0 Å². The fraction of sp³-hybridized carbons (Fsp3) is 0.562. The topological polar surface area (TPSA) is 26.3 Å². The number of benzene rings is 1. The van der Waals surface area contributed by atoms with E-state index < -0.39 is 5.60 Å². The van der Waals surface area contributed by atoms with Gasteiger partial charge in [-0.2, -0.15) is 0 Å². The standard InChI is InChI=1S/C16H21BrO2/c1-15(2,3)19-14(18)13-12(16(13,4)5)10-7-6-8-11(17)9-10/h6-9,12-13H,1-5H3/t12-,13+/m1/s1. The molecule has 1 aliphatic carbocycles. The number of carbonyl (C=O) groups is 1. The first-order chi connectivity index (χ1) is 8.63. The van der Waals surface area contributed by atoms with Crippen LogP contribution in [0.1, 0.15) is 46.1 Å². The number of halogens is 1. The summed E-state index contributed by atoms with van der Waals surface area (Å²) in [5.74, 6) is 0.128. The van der Waals surface area contributed by atoms with Crippen LogP contribution in [0.25, 0.3) is 0 Å². The average Bonchev–Trinajstić information content (AvgIpc) is 2.79. The van der Waals surface area contributed by atoms with E-state index in [9.17, 15) is 4.79 Å². The van der Waals surface area contributed by atoms with Crippen LogP contribution in [-0.4, -0.2) is 11.6 Å². The van der Waals surface area contributed by atoms with Crippen molar-refractivity contribution in [1.29, 1.82) is 0 Å². The maximum atomic E-state index is 12.3. The summed E-state index contributed by atoms with van der Waals surface area (Å²) in [7, 11) is 0. The molecule has 1 fully saturated rings. The molecule has 104 valence electrons. The van der Waals surface area contributed by atoms with Crippen LogP contribution < -0.4 is 0 Å². The van der Waals surface area contributed by atoms with Crippen molar-refractivity contribution in [2.24, 2.45) is 11.3 Å². The molecular formula is C16H21BrO2. The SMILES string of the molecule is CC(C)(C)OC(=O)[C@@H]1[C@@H](c2cccc(Br)c2)C1(C)C. The van der Waals surface area contributed by atoms with Gasteiger partial charge in [0.25, 0.3) is 0 Å². The number of rotatable bonds is 2. The van der Waals surface area contributed by atoms with Gasteiger partial charge in [0.1, 0.15) is 5.60 Å². The molecule has 0 N–H and O–H groups in total. The van der Waals surface area contributed by atoms with Gasteiger partial charge in [-0.25, -0.2) is 0 Å².